The number of rotatable bonds is 4. The normalized spacial score (nSPS) is 11.9. The Kier molecular flexibility index (Phi) is 5.23. The first-order valence-corrected chi connectivity index (χ1v) is 8.33. The van der Waals surface area contributed by atoms with Crippen LogP contribution in [0.15, 0.2) is 40.2 Å². The van der Waals surface area contributed by atoms with Crippen molar-refractivity contribution in [1.82, 2.24) is 19.7 Å². The zero-order chi connectivity index (χ0) is 20.5. The first-order valence-electron chi connectivity index (χ1n) is 7.95. The Hall–Kier alpha value is -3.14. The van der Waals surface area contributed by atoms with Gasteiger partial charge in [0.05, 0.1) is 28.7 Å². The van der Waals surface area contributed by atoms with Crippen LogP contribution in [-0.4, -0.2) is 26.0 Å². The number of H-pyrrole nitrogens is 1. The molecule has 3 aromatic rings. The van der Waals surface area contributed by atoms with Crippen molar-refractivity contribution < 1.29 is 13.2 Å². The molecule has 2 heterocycles. The minimum absolute atomic E-state index is 0.0908. The summed E-state index contributed by atoms with van der Waals surface area (Å²) >= 11 is 6.29. The Morgan fingerprint density at radius 3 is 2.71 bits per heavy atom. The molecule has 0 atom stereocenters. The lowest BCUT2D eigenvalue weighted by molar-refractivity contribution is -0.137. The Balaban J connectivity index is 1.89. The average molecular weight is 411 g/mol. The largest absolute Gasteiger partial charge is 0.416 e. The van der Waals surface area contributed by atoms with Crippen LogP contribution in [0, 0.1) is 13.8 Å². The second kappa shape index (κ2) is 7.47. The number of hydrogen-bond acceptors (Lipinski definition) is 5. The predicted molar refractivity (Wildman–Crippen MR) is 99.1 cm³/mol. The number of hydrazone groups is 1. The van der Waals surface area contributed by atoms with Gasteiger partial charge in [0.25, 0.3) is 5.56 Å². The van der Waals surface area contributed by atoms with Gasteiger partial charge in [-0.3, -0.25) is 9.78 Å². The SMILES string of the molecule is Cc1cc(=O)[nH]c(N/N=C/c2c(C)nn(-c3cccc(C(F)(F)F)c3)c2Cl)n1. The lowest BCUT2D eigenvalue weighted by Crippen LogP contribution is -2.10. The molecule has 0 aliphatic heterocycles. The third-order valence-corrected chi connectivity index (χ3v) is 4.06. The number of aromatic amines is 1. The molecule has 2 aromatic heterocycles. The van der Waals surface area contributed by atoms with E-state index in [-0.39, 0.29) is 22.3 Å². The van der Waals surface area contributed by atoms with Crippen molar-refractivity contribution in [3.05, 3.63) is 68.4 Å². The van der Waals surface area contributed by atoms with Crippen molar-refractivity contribution in [2.75, 3.05) is 5.43 Å². The maximum absolute atomic E-state index is 12.9. The van der Waals surface area contributed by atoms with Crippen LogP contribution < -0.4 is 11.0 Å². The van der Waals surface area contributed by atoms with E-state index in [4.69, 9.17) is 11.6 Å². The van der Waals surface area contributed by atoms with Gasteiger partial charge in [0.15, 0.2) is 0 Å². The second-order valence-electron chi connectivity index (χ2n) is 5.86. The summed E-state index contributed by atoms with van der Waals surface area (Å²) < 4.78 is 40.0. The summed E-state index contributed by atoms with van der Waals surface area (Å²) in [5, 5.41) is 8.23. The molecule has 146 valence electrons. The van der Waals surface area contributed by atoms with Crippen LogP contribution in [0.5, 0.6) is 0 Å². The molecule has 1 aromatic carbocycles. The third-order valence-electron chi connectivity index (χ3n) is 3.70. The van der Waals surface area contributed by atoms with Gasteiger partial charge in [-0.15, -0.1) is 0 Å². The van der Waals surface area contributed by atoms with E-state index in [9.17, 15) is 18.0 Å². The first-order chi connectivity index (χ1) is 13.1. The Bertz CT molecular complexity index is 1100. The molecule has 28 heavy (non-hydrogen) atoms. The Morgan fingerprint density at radius 2 is 2.04 bits per heavy atom. The highest BCUT2D eigenvalue weighted by molar-refractivity contribution is 6.32. The molecule has 0 saturated carbocycles. The van der Waals surface area contributed by atoms with Crippen LogP contribution in [0.3, 0.4) is 0 Å². The highest BCUT2D eigenvalue weighted by Crippen LogP contribution is 2.31. The summed E-state index contributed by atoms with van der Waals surface area (Å²) in [5.74, 6) is 0.139. The molecule has 2 N–H and O–H groups in total. The Morgan fingerprint density at radius 1 is 1.29 bits per heavy atom. The van der Waals surface area contributed by atoms with Crippen molar-refractivity contribution in [2.24, 2.45) is 5.10 Å². The minimum atomic E-state index is -4.48. The maximum atomic E-state index is 12.9. The molecular weight excluding hydrogens is 397 g/mol. The molecular formula is C17H14ClF3N6O. The molecule has 0 aliphatic carbocycles. The van der Waals surface area contributed by atoms with E-state index < -0.39 is 11.7 Å². The van der Waals surface area contributed by atoms with Gasteiger partial charge in [-0.1, -0.05) is 17.7 Å². The van der Waals surface area contributed by atoms with Crippen molar-refractivity contribution in [2.45, 2.75) is 20.0 Å². The van der Waals surface area contributed by atoms with E-state index in [2.05, 4.69) is 25.6 Å². The van der Waals surface area contributed by atoms with Crippen LogP contribution in [0.1, 0.15) is 22.5 Å². The standard InChI is InChI=1S/C17H14ClF3N6O/c1-9-6-14(28)24-16(23-9)25-22-8-13-10(2)26-27(15(13)18)12-5-3-4-11(7-12)17(19,20)21/h3-8H,1-2H3,(H2,23,24,25,28)/b22-8+. The van der Waals surface area contributed by atoms with E-state index in [1.54, 1.807) is 13.8 Å². The van der Waals surface area contributed by atoms with Gasteiger partial charge in [-0.2, -0.15) is 23.4 Å². The number of aromatic nitrogens is 4. The van der Waals surface area contributed by atoms with Gasteiger partial charge < -0.3 is 0 Å². The molecule has 3 rings (SSSR count). The topological polar surface area (TPSA) is 88.0 Å². The van der Waals surface area contributed by atoms with Crippen LogP contribution in [0.25, 0.3) is 5.69 Å². The highest BCUT2D eigenvalue weighted by atomic mass is 35.5. The summed E-state index contributed by atoms with van der Waals surface area (Å²) in [7, 11) is 0. The molecule has 0 spiro atoms. The zero-order valence-electron chi connectivity index (χ0n) is 14.7. The molecule has 0 aliphatic rings. The number of anilines is 1. The van der Waals surface area contributed by atoms with Crippen molar-refractivity contribution in [3.63, 3.8) is 0 Å². The maximum Gasteiger partial charge on any atom is 0.416 e. The quantitative estimate of drug-likeness (QED) is 0.507. The van der Waals surface area contributed by atoms with Crippen LogP contribution in [0.2, 0.25) is 5.15 Å². The summed E-state index contributed by atoms with van der Waals surface area (Å²) in [6.45, 7) is 3.30. The lowest BCUT2D eigenvalue weighted by Gasteiger charge is -2.09. The van der Waals surface area contributed by atoms with Crippen LogP contribution in [-0.2, 0) is 6.18 Å². The smallest absolute Gasteiger partial charge is 0.291 e. The molecule has 0 bridgehead atoms. The van der Waals surface area contributed by atoms with Gasteiger partial charge in [-0.05, 0) is 32.0 Å². The molecule has 7 nitrogen and oxygen atoms in total. The number of benzene rings is 1. The van der Waals surface area contributed by atoms with Gasteiger partial charge in [0, 0.05) is 11.8 Å². The number of alkyl halides is 3. The fraction of sp³-hybridized carbons (Fsp3) is 0.176. The predicted octanol–water partition coefficient (Wildman–Crippen LogP) is 3.69. The van der Waals surface area contributed by atoms with Crippen molar-refractivity contribution in [1.29, 1.82) is 0 Å². The monoisotopic (exact) mass is 410 g/mol. The van der Waals surface area contributed by atoms with E-state index in [0.717, 1.165) is 12.1 Å². The molecule has 0 saturated heterocycles. The van der Waals surface area contributed by atoms with E-state index in [1.165, 1.54) is 29.1 Å². The third kappa shape index (κ3) is 4.22. The summed E-state index contributed by atoms with van der Waals surface area (Å²) in [6.07, 6.45) is -3.13. The molecule has 0 amide bonds. The van der Waals surface area contributed by atoms with Gasteiger partial charge in [0.2, 0.25) is 5.95 Å². The molecule has 0 unspecified atom stereocenters. The van der Waals surface area contributed by atoms with Crippen LogP contribution >= 0.6 is 11.6 Å². The fourth-order valence-corrected chi connectivity index (χ4v) is 2.75. The number of nitrogens with one attached hydrogen (secondary N) is 2. The average Bonchev–Trinajstić information content (AvgIpc) is 2.88. The fourth-order valence-electron chi connectivity index (χ4n) is 2.43. The molecule has 0 fully saturated rings. The summed E-state index contributed by atoms with van der Waals surface area (Å²) in [4.78, 5) is 17.9. The lowest BCUT2D eigenvalue weighted by atomic mass is 10.2. The van der Waals surface area contributed by atoms with Gasteiger partial charge in [-0.25, -0.2) is 15.1 Å². The van der Waals surface area contributed by atoms with Gasteiger partial charge >= 0.3 is 6.18 Å². The highest BCUT2D eigenvalue weighted by Gasteiger charge is 2.30. The Labute approximate surface area is 161 Å². The van der Waals surface area contributed by atoms with Crippen molar-refractivity contribution >= 4 is 23.8 Å². The van der Waals surface area contributed by atoms with E-state index >= 15 is 0 Å². The number of halogens is 4. The molecule has 0 radical (unpaired) electrons. The summed E-state index contributed by atoms with van der Waals surface area (Å²) in [6, 6.07) is 6.00. The zero-order valence-corrected chi connectivity index (χ0v) is 15.4. The number of nitrogens with zero attached hydrogens (tertiary/aromatic N) is 4. The minimum Gasteiger partial charge on any atom is -0.291 e. The van der Waals surface area contributed by atoms with E-state index in [0.29, 0.717) is 17.0 Å². The number of aryl methyl sites for hydroxylation is 2. The molecule has 11 heteroatoms. The van der Waals surface area contributed by atoms with Crippen molar-refractivity contribution in [3.8, 4) is 5.69 Å². The second-order valence-corrected chi connectivity index (χ2v) is 6.21. The first kappa shape index (κ1) is 19.6. The van der Waals surface area contributed by atoms with E-state index in [1.807, 2.05) is 0 Å². The number of hydrogen-bond donors (Lipinski definition) is 2. The van der Waals surface area contributed by atoms with Crippen LogP contribution in [0.4, 0.5) is 19.1 Å². The van der Waals surface area contributed by atoms with Gasteiger partial charge in [0.1, 0.15) is 5.15 Å². The summed E-state index contributed by atoms with van der Waals surface area (Å²) in [5.41, 5.74) is 2.96.